The molecule has 1 aliphatic heterocycles. The third kappa shape index (κ3) is 2.75. The lowest BCUT2D eigenvalue weighted by atomic mass is 9.83. The van der Waals surface area contributed by atoms with Crippen LogP contribution in [0.15, 0.2) is 0 Å². The quantitative estimate of drug-likeness (QED) is 0.808. The van der Waals surface area contributed by atoms with E-state index in [1.54, 1.807) is 4.90 Å². The average molecular weight is 292 g/mol. The van der Waals surface area contributed by atoms with E-state index in [1.807, 2.05) is 7.05 Å². The molecule has 3 rings (SSSR count). The summed E-state index contributed by atoms with van der Waals surface area (Å²) in [6.07, 6.45) is 8.16. The first-order valence-corrected chi connectivity index (χ1v) is 8.64. The summed E-state index contributed by atoms with van der Waals surface area (Å²) in [5.41, 5.74) is 0. The molecule has 1 heterocycles. The Morgan fingerprint density at radius 3 is 2.19 bits per heavy atom. The number of nitrogens with zero attached hydrogens (tertiary/aromatic N) is 1. The van der Waals surface area contributed by atoms with Gasteiger partial charge in [0, 0.05) is 12.6 Å². The van der Waals surface area contributed by atoms with Crippen molar-refractivity contribution in [1.29, 1.82) is 0 Å². The van der Waals surface area contributed by atoms with Gasteiger partial charge in [-0.3, -0.25) is 14.5 Å². The summed E-state index contributed by atoms with van der Waals surface area (Å²) in [6.45, 7) is 2.74. The Morgan fingerprint density at radius 1 is 1.10 bits per heavy atom. The normalized spacial score (nSPS) is 35.3. The van der Waals surface area contributed by atoms with Crippen LogP contribution in [-0.2, 0) is 9.59 Å². The van der Waals surface area contributed by atoms with E-state index in [9.17, 15) is 9.59 Å². The molecule has 0 bridgehead atoms. The second-order valence-corrected chi connectivity index (χ2v) is 7.37. The van der Waals surface area contributed by atoms with Crippen LogP contribution in [0.3, 0.4) is 0 Å². The second kappa shape index (κ2) is 6.07. The number of amides is 2. The molecule has 0 aromatic heterocycles. The molecule has 21 heavy (non-hydrogen) atoms. The van der Waals surface area contributed by atoms with Gasteiger partial charge in [0.15, 0.2) is 0 Å². The molecule has 0 aromatic carbocycles. The van der Waals surface area contributed by atoms with Crippen LogP contribution in [0.5, 0.6) is 0 Å². The van der Waals surface area contributed by atoms with Crippen molar-refractivity contribution in [2.75, 3.05) is 13.6 Å². The largest absolute Gasteiger partial charge is 0.315 e. The summed E-state index contributed by atoms with van der Waals surface area (Å²) in [4.78, 5) is 26.7. The molecular formula is C17H28N2O2. The number of hydrogen-bond donors (Lipinski definition) is 1. The van der Waals surface area contributed by atoms with Crippen LogP contribution in [0.1, 0.15) is 51.9 Å². The molecule has 2 saturated carbocycles. The number of imide groups is 1. The van der Waals surface area contributed by atoms with Gasteiger partial charge in [0.2, 0.25) is 11.8 Å². The number of likely N-dealkylation sites (N-methyl/N-ethyl adjacent to an activating group) is 1. The molecule has 0 radical (unpaired) electrons. The highest BCUT2D eigenvalue weighted by molar-refractivity contribution is 6.05. The highest BCUT2D eigenvalue weighted by atomic mass is 16.2. The maximum Gasteiger partial charge on any atom is 0.233 e. The predicted octanol–water partition coefficient (Wildman–Crippen LogP) is 2.19. The number of carbonyl (C=O) groups excluding carboxylic acids is 2. The van der Waals surface area contributed by atoms with E-state index in [0.29, 0.717) is 18.4 Å². The van der Waals surface area contributed by atoms with Crippen LogP contribution in [-0.4, -0.2) is 36.3 Å². The Balaban J connectivity index is 1.66. The minimum absolute atomic E-state index is 0.0173. The van der Waals surface area contributed by atoms with Crippen LogP contribution >= 0.6 is 0 Å². The lowest BCUT2D eigenvalue weighted by Gasteiger charge is -2.32. The third-order valence-corrected chi connectivity index (χ3v) is 5.93. The Labute approximate surface area is 127 Å². The first kappa shape index (κ1) is 15.0. The second-order valence-electron chi connectivity index (χ2n) is 7.37. The summed E-state index contributed by atoms with van der Waals surface area (Å²) >= 11 is 0. The SMILES string of the molecule is CNC(CN1C(=O)C2CC(C)CC2C1=O)C1CCCCC1. The number of carbonyl (C=O) groups is 2. The van der Waals surface area contributed by atoms with Crippen molar-refractivity contribution in [1.82, 2.24) is 10.2 Å². The molecule has 1 saturated heterocycles. The highest BCUT2D eigenvalue weighted by Gasteiger charge is 2.52. The molecule has 2 aliphatic carbocycles. The van der Waals surface area contributed by atoms with Crippen LogP contribution < -0.4 is 5.32 Å². The van der Waals surface area contributed by atoms with Crippen LogP contribution in [0.4, 0.5) is 0 Å². The van der Waals surface area contributed by atoms with Crippen LogP contribution in [0.2, 0.25) is 0 Å². The summed E-state index contributed by atoms with van der Waals surface area (Å²) in [5.74, 6) is 1.31. The first-order valence-electron chi connectivity index (χ1n) is 8.64. The van der Waals surface area contributed by atoms with Gasteiger partial charge in [-0.1, -0.05) is 26.2 Å². The fourth-order valence-electron chi connectivity index (χ4n) is 4.74. The zero-order valence-electron chi connectivity index (χ0n) is 13.3. The molecule has 0 aromatic rings. The van der Waals surface area contributed by atoms with Gasteiger partial charge in [-0.2, -0.15) is 0 Å². The minimum Gasteiger partial charge on any atom is -0.315 e. The smallest absolute Gasteiger partial charge is 0.233 e. The summed E-state index contributed by atoms with van der Waals surface area (Å²) in [7, 11) is 1.97. The molecule has 4 heteroatoms. The fourth-order valence-corrected chi connectivity index (χ4v) is 4.74. The van der Waals surface area contributed by atoms with Crippen LogP contribution in [0.25, 0.3) is 0 Å². The summed E-state index contributed by atoms with van der Waals surface area (Å²) in [6, 6.07) is 0.273. The lowest BCUT2D eigenvalue weighted by Crippen LogP contribution is -2.47. The van der Waals surface area contributed by atoms with Gasteiger partial charge in [0.05, 0.1) is 11.8 Å². The molecular weight excluding hydrogens is 264 g/mol. The first-order chi connectivity index (χ1) is 10.1. The summed E-state index contributed by atoms with van der Waals surface area (Å²) in [5, 5.41) is 3.37. The fraction of sp³-hybridized carbons (Fsp3) is 0.882. The predicted molar refractivity (Wildman–Crippen MR) is 81.5 cm³/mol. The maximum atomic E-state index is 12.6. The van der Waals surface area contributed by atoms with Gasteiger partial charge < -0.3 is 5.32 Å². The Morgan fingerprint density at radius 2 is 1.67 bits per heavy atom. The van der Waals surface area contributed by atoms with E-state index in [2.05, 4.69) is 12.2 Å². The molecule has 0 spiro atoms. The lowest BCUT2D eigenvalue weighted by molar-refractivity contribution is -0.141. The van der Waals surface area contributed by atoms with E-state index in [4.69, 9.17) is 0 Å². The van der Waals surface area contributed by atoms with E-state index in [1.165, 1.54) is 32.1 Å². The molecule has 2 amide bonds. The molecule has 4 nitrogen and oxygen atoms in total. The van der Waals surface area contributed by atoms with Gasteiger partial charge in [-0.25, -0.2) is 0 Å². The molecule has 3 unspecified atom stereocenters. The maximum absolute atomic E-state index is 12.6. The van der Waals surface area contributed by atoms with Gasteiger partial charge in [-0.05, 0) is 44.6 Å². The number of fused-ring (bicyclic) bond motifs is 1. The van der Waals surface area contributed by atoms with E-state index >= 15 is 0 Å². The van der Waals surface area contributed by atoms with E-state index < -0.39 is 0 Å². The molecule has 1 N–H and O–H groups in total. The van der Waals surface area contributed by atoms with Crippen molar-refractivity contribution < 1.29 is 9.59 Å². The Bertz CT molecular complexity index is 393. The number of likely N-dealkylation sites (tertiary alicyclic amines) is 1. The van der Waals surface area contributed by atoms with Crippen LogP contribution in [0, 0.1) is 23.7 Å². The highest BCUT2D eigenvalue weighted by Crippen LogP contribution is 2.43. The van der Waals surface area contributed by atoms with Crippen molar-refractivity contribution in [3.8, 4) is 0 Å². The number of rotatable bonds is 4. The topological polar surface area (TPSA) is 49.4 Å². The molecule has 118 valence electrons. The number of hydrogen-bond acceptors (Lipinski definition) is 3. The molecule has 3 atom stereocenters. The van der Waals surface area contributed by atoms with Crippen molar-refractivity contribution in [2.24, 2.45) is 23.7 Å². The van der Waals surface area contributed by atoms with Gasteiger partial charge in [0.25, 0.3) is 0 Å². The number of nitrogens with one attached hydrogen (secondary N) is 1. The zero-order valence-corrected chi connectivity index (χ0v) is 13.3. The standard InChI is InChI=1S/C17H28N2O2/c1-11-8-13-14(9-11)17(21)19(16(13)20)10-15(18-2)12-6-4-3-5-7-12/h11-15,18H,3-10H2,1-2H3. The van der Waals surface area contributed by atoms with Gasteiger partial charge in [-0.15, -0.1) is 0 Å². The Kier molecular flexibility index (Phi) is 4.34. The third-order valence-electron chi connectivity index (χ3n) is 5.93. The Hall–Kier alpha value is -0.900. The van der Waals surface area contributed by atoms with Gasteiger partial charge in [0.1, 0.15) is 0 Å². The summed E-state index contributed by atoms with van der Waals surface area (Å²) < 4.78 is 0. The monoisotopic (exact) mass is 292 g/mol. The van der Waals surface area contributed by atoms with Gasteiger partial charge >= 0.3 is 0 Å². The van der Waals surface area contributed by atoms with Crippen molar-refractivity contribution in [2.45, 2.75) is 57.9 Å². The van der Waals surface area contributed by atoms with Crippen molar-refractivity contribution in [3.05, 3.63) is 0 Å². The average Bonchev–Trinajstić information content (AvgIpc) is 2.98. The van der Waals surface area contributed by atoms with E-state index in [-0.39, 0.29) is 29.7 Å². The zero-order chi connectivity index (χ0) is 15.0. The minimum atomic E-state index is -0.0173. The molecule has 3 fully saturated rings. The molecule has 3 aliphatic rings. The van der Waals surface area contributed by atoms with E-state index in [0.717, 1.165) is 12.8 Å². The van der Waals surface area contributed by atoms with Crippen molar-refractivity contribution in [3.63, 3.8) is 0 Å². The van der Waals surface area contributed by atoms with Crippen molar-refractivity contribution >= 4 is 11.8 Å².